The zero-order chi connectivity index (χ0) is 15.4. The van der Waals surface area contributed by atoms with Gasteiger partial charge in [0, 0.05) is 36.8 Å². The van der Waals surface area contributed by atoms with Crippen LogP contribution in [0.1, 0.15) is 36.1 Å². The summed E-state index contributed by atoms with van der Waals surface area (Å²) in [5.41, 5.74) is 0. The molecule has 1 unspecified atom stereocenters. The van der Waals surface area contributed by atoms with E-state index in [-0.39, 0.29) is 24.0 Å². The monoisotopic (exact) mass is 449 g/mol. The molecule has 1 atom stereocenters. The Morgan fingerprint density at radius 2 is 2.17 bits per heavy atom. The molecule has 0 amide bonds. The molecule has 0 spiro atoms. The molecule has 0 aromatic carbocycles. The molecule has 2 saturated heterocycles. The maximum atomic E-state index is 4.80. The number of nitrogens with zero attached hydrogens (tertiary/aromatic N) is 4. The third-order valence-electron chi connectivity index (χ3n) is 4.49. The van der Waals surface area contributed by atoms with Crippen LogP contribution in [0, 0.1) is 6.92 Å². The number of nitrogens with one attached hydrogen (secondary N) is 1. The SMILES string of the molecule is CCNC(=NCc1ncc(C)s1)N1CCC(N2CCCC2)C1.I. The molecule has 1 aromatic rings. The summed E-state index contributed by atoms with van der Waals surface area (Å²) in [6, 6.07) is 0.716. The van der Waals surface area contributed by atoms with Gasteiger partial charge < -0.3 is 10.2 Å². The second-order valence-electron chi connectivity index (χ2n) is 6.17. The topological polar surface area (TPSA) is 43.8 Å². The highest BCUT2D eigenvalue weighted by atomic mass is 127. The van der Waals surface area contributed by atoms with Crippen LogP contribution in [0.25, 0.3) is 0 Å². The van der Waals surface area contributed by atoms with Crippen molar-refractivity contribution in [3.8, 4) is 0 Å². The maximum absolute atomic E-state index is 4.80. The first-order chi connectivity index (χ1) is 10.8. The normalized spacial score (nSPS) is 22.4. The Bertz CT molecular complexity index is 512. The lowest BCUT2D eigenvalue weighted by atomic mass is 10.2. The molecule has 130 valence electrons. The van der Waals surface area contributed by atoms with Crippen LogP contribution >= 0.6 is 35.3 Å². The largest absolute Gasteiger partial charge is 0.357 e. The van der Waals surface area contributed by atoms with E-state index in [1.54, 1.807) is 11.3 Å². The van der Waals surface area contributed by atoms with Gasteiger partial charge >= 0.3 is 0 Å². The molecular weight excluding hydrogens is 421 g/mol. The van der Waals surface area contributed by atoms with Gasteiger partial charge in [-0.05, 0) is 46.2 Å². The number of hydrogen-bond donors (Lipinski definition) is 1. The lowest BCUT2D eigenvalue weighted by molar-refractivity contribution is 0.249. The number of likely N-dealkylation sites (tertiary alicyclic amines) is 2. The Labute approximate surface area is 160 Å². The Hall–Kier alpha value is -0.410. The average molecular weight is 449 g/mol. The standard InChI is InChI=1S/C16H27N5S.HI/c1-3-17-16(19-11-15-18-10-13(2)22-15)21-9-6-14(12-21)20-7-4-5-8-20;/h10,14H,3-9,11-12H2,1-2H3,(H,17,19);1H. The molecular formula is C16H28IN5S. The molecule has 0 aliphatic carbocycles. The van der Waals surface area contributed by atoms with Crippen molar-refractivity contribution in [2.45, 2.75) is 45.7 Å². The molecule has 0 radical (unpaired) electrons. The fourth-order valence-corrected chi connectivity index (χ4v) is 4.09. The quantitative estimate of drug-likeness (QED) is 0.436. The van der Waals surface area contributed by atoms with E-state index in [1.807, 2.05) is 6.20 Å². The molecule has 2 fully saturated rings. The number of halogens is 1. The number of thiazole rings is 1. The summed E-state index contributed by atoms with van der Waals surface area (Å²) < 4.78 is 0. The molecule has 2 aliphatic rings. The first-order valence-corrected chi connectivity index (χ1v) is 9.26. The summed E-state index contributed by atoms with van der Waals surface area (Å²) in [5, 5.41) is 4.55. The highest BCUT2D eigenvalue weighted by Crippen LogP contribution is 2.20. The number of rotatable bonds is 4. The number of aromatic nitrogens is 1. The van der Waals surface area contributed by atoms with Gasteiger partial charge in [-0.1, -0.05) is 0 Å². The van der Waals surface area contributed by atoms with E-state index in [0.717, 1.165) is 30.6 Å². The number of hydrogen-bond acceptors (Lipinski definition) is 4. The van der Waals surface area contributed by atoms with Gasteiger partial charge in [-0.15, -0.1) is 35.3 Å². The Morgan fingerprint density at radius 1 is 1.39 bits per heavy atom. The van der Waals surface area contributed by atoms with Crippen LogP contribution < -0.4 is 5.32 Å². The van der Waals surface area contributed by atoms with E-state index in [2.05, 4.69) is 33.9 Å². The molecule has 0 bridgehead atoms. The molecule has 5 nitrogen and oxygen atoms in total. The summed E-state index contributed by atoms with van der Waals surface area (Å²) in [6.45, 7) is 10.6. The van der Waals surface area contributed by atoms with Crippen LogP contribution in [0.3, 0.4) is 0 Å². The highest BCUT2D eigenvalue weighted by molar-refractivity contribution is 14.0. The van der Waals surface area contributed by atoms with Crippen LogP contribution in [0.2, 0.25) is 0 Å². The van der Waals surface area contributed by atoms with E-state index in [1.165, 1.54) is 37.2 Å². The van der Waals surface area contributed by atoms with Crippen molar-refractivity contribution < 1.29 is 0 Å². The number of guanidine groups is 1. The maximum Gasteiger partial charge on any atom is 0.194 e. The Morgan fingerprint density at radius 3 is 2.83 bits per heavy atom. The van der Waals surface area contributed by atoms with E-state index in [4.69, 9.17) is 4.99 Å². The predicted molar refractivity (Wildman–Crippen MR) is 108 cm³/mol. The molecule has 1 aromatic heterocycles. The third-order valence-corrected chi connectivity index (χ3v) is 5.39. The van der Waals surface area contributed by atoms with Gasteiger partial charge in [-0.2, -0.15) is 0 Å². The third kappa shape index (κ3) is 5.03. The van der Waals surface area contributed by atoms with Crippen molar-refractivity contribution in [2.75, 3.05) is 32.7 Å². The van der Waals surface area contributed by atoms with Gasteiger partial charge in [0.05, 0.1) is 6.54 Å². The minimum absolute atomic E-state index is 0. The van der Waals surface area contributed by atoms with E-state index in [0.29, 0.717) is 12.6 Å². The zero-order valence-corrected chi connectivity index (χ0v) is 17.3. The predicted octanol–water partition coefficient (Wildman–Crippen LogP) is 2.71. The minimum atomic E-state index is 0. The van der Waals surface area contributed by atoms with Crippen LogP contribution in [0.5, 0.6) is 0 Å². The van der Waals surface area contributed by atoms with Crippen molar-refractivity contribution in [1.82, 2.24) is 20.1 Å². The summed E-state index contributed by atoms with van der Waals surface area (Å²) in [7, 11) is 0. The summed E-state index contributed by atoms with van der Waals surface area (Å²) in [6.07, 6.45) is 5.94. The molecule has 2 aliphatic heterocycles. The Kier molecular flexibility index (Phi) is 7.55. The fraction of sp³-hybridized carbons (Fsp3) is 0.750. The molecule has 7 heteroatoms. The molecule has 0 saturated carbocycles. The summed E-state index contributed by atoms with van der Waals surface area (Å²) in [4.78, 5) is 15.5. The molecule has 23 heavy (non-hydrogen) atoms. The lowest BCUT2D eigenvalue weighted by Crippen LogP contribution is -2.42. The van der Waals surface area contributed by atoms with E-state index < -0.39 is 0 Å². The summed E-state index contributed by atoms with van der Waals surface area (Å²) in [5.74, 6) is 1.05. The van der Waals surface area contributed by atoms with E-state index in [9.17, 15) is 0 Å². The van der Waals surface area contributed by atoms with Crippen molar-refractivity contribution in [3.63, 3.8) is 0 Å². The molecule has 3 rings (SSSR count). The van der Waals surface area contributed by atoms with Crippen molar-refractivity contribution in [1.29, 1.82) is 0 Å². The van der Waals surface area contributed by atoms with Gasteiger partial charge in [0.1, 0.15) is 5.01 Å². The minimum Gasteiger partial charge on any atom is -0.357 e. The van der Waals surface area contributed by atoms with Gasteiger partial charge in [0.15, 0.2) is 5.96 Å². The van der Waals surface area contributed by atoms with Crippen LogP contribution in [-0.4, -0.2) is 59.5 Å². The van der Waals surface area contributed by atoms with Crippen LogP contribution in [0.4, 0.5) is 0 Å². The lowest BCUT2D eigenvalue weighted by Gasteiger charge is -2.25. The van der Waals surface area contributed by atoms with E-state index >= 15 is 0 Å². The summed E-state index contributed by atoms with van der Waals surface area (Å²) >= 11 is 1.74. The van der Waals surface area contributed by atoms with Crippen LogP contribution in [0.15, 0.2) is 11.2 Å². The first-order valence-electron chi connectivity index (χ1n) is 8.45. The second kappa shape index (κ2) is 9.17. The first kappa shape index (κ1) is 18.9. The fourth-order valence-electron chi connectivity index (χ4n) is 3.38. The Balaban J connectivity index is 0.00000192. The smallest absolute Gasteiger partial charge is 0.194 e. The van der Waals surface area contributed by atoms with Crippen LogP contribution in [-0.2, 0) is 6.54 Å². The second-order valence-corrected chi connectivity index (χ2v) is 7.49. The molecule has 1 N–H and O–H groups in total. The van der Waals surface area contributed by atoms with Crippen molar-refractivity contribution in [2.24, 2.45) is 4.99 Å². The van der Waals surface area contributed by atoms with Crippen molar-refractivity contribution >= 4 is 41.3 Å². The van der Waals surface area contributed by atoms with Gasteiger partial charge in [-0.3, -0.25) is 4.90 Å². The average Bonchev–Trinajstić information content (AvgIpc) is 3.24. The van der Waals surface area contributed by atoms with Gasteiger partial charge in [0.25, 0.3) is 0 Å². The van der Waals surface area contributed by atoms with Crippen molar-refractivity contribution in [3.05, 3.63) is 16.1 Å². The zero-order valence-electron chi connectivity index (χ0n) is 14.1. The van der Waals surface area contributed by atoms with Gasteiger partial charge in [0.2, 0.25) is 0 Å². The number of aliphatic imine (C=N–C) groups is 1. The molecule has 3 heterocycles. The highest BCUT2D eigenvalue weighted by Gasteiger charge is 2.30. The number of aryl methyl sites for hydroxylation is 1. The van der Waals surface area contributed by atoms with Gasteiger partial charge in [-0.25, -0.2) is 9.98 Å².